The van der Waals surface area contributed by atoms with Crippen molar-refractivity contribution in [1.82, 2.24) is 9.78 Å². The van der Waals surface area contributed by atoms with Crippen molar-refractivity contribution < 1.29 is 4.39 Å². The Kier molecular flexibility index (Phi) is 3.03. The van der Waals surface area contributed by atoms with Crippen LogP contribution in [0.2, 0.25) is 0 Å². The highest BCUT2D eigenvalue weighted by Crippen LogP contribution is 2.16. The number of aryl methyl sites for hydroxylation is 1. The van der Waals surface area contributed by atoms with Gasteiger partial charge in [-0.2, -0.15) is 5.10 Å². The molecule has 0 atom stereocenters. The third-order valence-corrected chi connectivity index (χ3v) is 3.23. The number of hydrogen-bond donors (Lipinski definition) is 1. The molecule has 0 radical (unpaired) electrons. The van der Waals surface area contributed by atoms with Crippen LogP contribution in [0.25, 0.3) is 0 Å². The number of nitrogens with one attached hydrogen (secondary N) is 1. The fourth-order valence-corrected chi connectivity index (χ4v) is 2.22. The minimum Gasteiger partial charge on any atom is -0.383 e. The third-order valence-electron chi connectivity index (χ3n) is 3.23. The predicted molar refractivity (Wildman–Crippen MR) is 70.8 cm³/mol. The summed E-state index contributed by atoms with van der Waals surface area (Å²) in [6.45, 7) is 1.25. The highest BCUT2D eigenvalue weighted by atomic mass is 19.1. The van der Waals surface area contributed by atoms with Gasteiger partial charge in [0.1, 0.15) is 5.82 Å². The van der Waals surface area contributed by atoms with Gasteiger partial charge in [0, 0.05) is 12.6 Å². The zero-order valence-electron chi connectivity index (χ0n) is 10.4. The molecule has 1 aliphatic rings. The fraction of sp³-hybridized carbons (Fsp3) is 0.286. The van der Waals surface area contributed by atoms with Crippen LogP contribution in [-0.4, -0.2) is 16.3 Å². The Hall–Kier alpha value is -2.17. The monoisotopic (exact) mass is 259 g/mol. The van der Waals surface area contributed by atoms with Crippen LogP contribution in [-0.2, 0) is 13.0 Å². The minimum absolute atomic E-state index is 0.141. The van der Waals surface area contributed by atoms with E-state index >= 15 is 0 Å². The molecule has 0 spiro atoms. The van der Waals surface area contributed by atoms with Gasteiger partial charge in [-0.3, -0.25) is 4.79 Å². The van der Waals surface area contributed by atoms with Gasteiger partial charge in [0.2, 0.25) is 0 Å². The molecule has 98 valence electrons. The molecule has 0 fully saturated rings. The van der Waals surface area contributed by atoms with E-state index in [2.05, 4.69) is 10.4 Å². The number of benzene rings is 1. The molecule has 1 N–H and O–H groups in total. The Morgan fingerprint density at radius 2 is 2.11 bits per heavy atom. The van der Waals surface area contributed by atoms with Gasteiger partial charge in [0.25, 0.3) is 5.56 Å². The molecule has 0 amide bonds. The summed E-state index contributed by atoms with van der Waals surface area (Å²) >= 11 is 0. The molecule has 0 aliphatic carbocycles. The molecule has 0 unspecified atom stereocenters. The lowest BCUT2D eigenvalue weighted by Crippen LogP contribution is -2.27. The molecule has 3 rings (SSSR count). The van der Waals surface area contributed by atoms with Crippen molar-refractivity contribution >= 4 is 5.69 Å². The lowest BCUT2D eigenvalue weighted by Gasteiger charge is -2.17. The Bertz CT molecular complexity index is 649. The number of halogens is 1. The van der Waals surface area contributed by atoms with E-state index in [0.717, 1.165) is 36.3 Å². The van der Waals surface area contributed by atoms with Gasteiger partial charge < -0.3 is 5.32 Å². The van der Waals surface area contributed by atoms with E-state index in [0.29, 0.717) is 6.54 Å². The fourth-order valence-electron chi connectivity index (χ4n) is 2.22. The maximum absolute atomic E-state index is 12.8. The molecular formula is C14H14FN3O. The van der Waals surface area contributed by atoms with Crippen LogP contribution in [0.4, 0.5) is 10.1 Å². The predicted octanol–water partition coefficient (Wildman–Crippen LogP) is 1.79. The van der Waals surface area contributed by atoms with Crippen LogP contribution in [0.15, 0.2) is 35.1 Å². The number of aromatic nitrogens is 2. The lowest BCUT2D eigenvalue weighted by molar-refractivity contribution is 0.602. The number of hydrogen-bond acceptors (Lipinski definition) is 3. The molecule has 5 heteroatoms. The first-order valence-electron chi connectivity index (χ1n) is 6.32. The van der Waals surface area contributed by atoms with Gasteiger partial charge in [-0.25, -0.2) is 9.07 Å². The van der Waals surface area contributed by atoms with Crippen LogP contribution in [0, 0.1) is 5.82 Å². The second-order valence-electron chi connectivity index (χ2n) is 4.66. The summed E-state index contributed by atoms with van der Waals surface area (Å²) in [5, 5.41) is 7.55. The summed E-state index contributed by atoms with van der Waals surface area (Å²) in [4.78, 5) is 11.9. The Labute approximate surface area is 109 Å². The SMILES string of the molecule is O=c1cc2c(nn1Cc1ccc(F)cc1)CCCN2. The highest BCUT2D eigenvalue weighted by molar-refractivity contribution is 5.48. The second-order valence-corrected chi connectivity index (χ2v) is 4.66. The van der Waals surface area contributed by atoms with Crippen LogP contribution in [0.5, 0.6) is 0 Å². The summed E-state index contributed by atoms with van der Waals surface area (Å²) < 4.78 is 14.3. The normalized spacial score (nSPS) is 13.7. The van der Waals surface area contributed by atoms with Crippen molar-refractivity contribution in [2.24, 2.45) is 0 Å². The van der Waals surface area contributed by atoms with E-state index in [9.17, 15) is 9.18 Å². The smallest absolute Gasteiger partial charge is 0.269 e. The minimum atomic E-state index is -0.279. The molecule has 1 aromatic carbocycles. The van der Waals surface area contributed by atoms with Crippen molar-refractivity contribution in [1.29, 1.82) is 0 Å². The molecule has 0 saturated heterocycles. The quantitative estimate of drug-likeness (QED) is 0.894. The van der Waals surface area contributed by atoms with Crippen molar-refractivity contribution in [3.63, 3.8) is 0 Å². The molecule has 4 nitrogen and oxygen atoms in total. The molecular weight excluding hydrogens is 245 g/mol. The van der Waals surface area contributed by atoms with E-state index in [4.69, 9.17) is 0 Å². The lowest BCUT2D eigenvalue weighted by atomic mass is 10.1. The molecule has 2 aromatic rings. The molecule has 19 heavy (non-hydrogen) atoms. The van der Waals surface area contributed by atoms with E-state index < -0.39 is 0 Å². The third kappa shape index (κ3) is 2.50. The van der Waals surface area contributed by atoms with Gasteiger partial charge in [0.05, 0.1) is 17.9 Å². The van der Waals surface area contributed by atoms with E-state index in [1.807, 2.05) is 0 Å². The standard InChI is InChI=1S/C14H14FN3O/c15-11-5-3-10(4-6-11)9-18-14(19)8-13-12(17-18)2-1-7-16-13/h3-6,8,16H,1-2,7,9H2. The number of nitrogens with zero attached hydrogens (tertiary/aromatic N) is 2. The average Bonchev–Trinajstić information content (AvgIpc) is 2.42. The van der Waals surface area contributed by atoms with Gasteiger partial charge >= 0.3 is 0 Å². The van der Waals surface area contributed by atoms with Crippen LogP contribution in [0.1, 0.15) is 17.7 Å². The molecule has 2 heterocycles. The zero-order chi connectivity index (χ0) is 13.2. The molecule has 1 aromatic heterocycles. The van der Waals surface area contributed by atoms with E-state index in [1.54, 1.807) is 18.2 Å². The summed E-state index contributed by atoms with van der Waals surface area (Å²) in [5.74, 6) is -0.279. The molecule has 0 saturated carbocycles. The first-order valence-corrected chi connectivity index (χ1v) is 6.32. The zero-order valence-corrected chi connectivity index (χ0v) is 10.4. The maximum atomic E-state index is 12.8. The van der Waals surface area contributed by atoms with Gasteiger partial charge in [0.15, 0.2) is 0 Å². The second kappa shape index (κ2) is 4.84. The first-order chi connectivity index (χ1) is 9.22. The largest absolute Gasteiger partial charge is 0.383 e. The topological polar surface area (TPSA) is 46.9 Å². The Morgan fingerprint density at radius 3 is 2.89 bits per heavy atom. The van der Waals surface area contributed by atoms with Crippen molar-refractivity contribution in [2.75, 3.05) is 11.9 Å². The first kappa shape index (κ1) is 11.9. The van der Waals surface area contributed by atoms with Crippen molar-refractivity contribution in [3.05, 3.63) is 57.8 Å². The summed E-state index contributed by atoms with van der Waals surface area (Å²) in [5.41, 5.74) is 2.48. The number of anilines is 1. The average molecular weight is 259 g/mol. The van der Waals surface area contributed by atoms with Crippen molar-refractivity contribution in [3.8, 4) is 0 Å². The van der Waals surface area contributed by atoms with Crippen LogP contribution >= 0.6 is 0 Å². The summed E-state index contributed by atoms with van der Waals surface area (Å²) in [6.07, 6.45) is 1.90. The van der Waals surface area contributed by atoms with Crippen molar-refractivity contribution in [2.45, 2.75) is 19.4 Å². The molecule has 1 aliphatic heterocycles. The summed E-state index contributed by atoms with van der Waals surface area (Å²) in [6, 6.07) is 7.70. The van der Waals surface area contributed by atoms with Crippen LogP contribution in [0.3, 0.4) is 0 Å². The highest BCUT2D eigenvalue weighted by Gasteiger charge is 2.12. The Balaban J connectivity index is 1.92. The number of fused-ring (bicyclic) bond motifs is 1. The Morgan fingerprint density at radius 1 is 1.32 bits per heavy atom. The van der Waals surface area contributed by atoms with Gasteiger partial charge in [-0.05, 0) is 30.5 Å². The molecule has 0 bridgehead atoms. The van der Waals surface area contributed by atoms with E-state index in [1.165, 1.54) is 16.8 Å². The maximum Gasteiger partial charge on any atom is 0.269 e. The van der Waals surface area contributed by atoms with Gasteiger partial charge in [-0.15, -0.1) is 0 Å². The van der Waals surface area contributed by atoms with E-state index in [-0.39, 0.29) is 11.4 Å². The van der Waals surface area contributed by atoms with Gasteiger partial charge in [-0.1, -0.05) is 12.1 Å². The van der Waals surface area contributed by atoms with Crippen LogP contribution < -0.4 is 10.9 Å². The summed E-state index contributed by atoms with van der Waals surface area (Å²) in [7, 11) is 0. The number of rotatable bonds is 2.